The fourth-order valence-corrected chi connectivity index (χ4v) is 4.13. The second-order valence-electron chi connectivity index (χ2n) is 5.85. The van der Waals surface area contributed by atoms with E-state index >= 15 is 0 Å². The van der Waals surface area contributed by atoms with Crippen LogP contribution in [0.1, 0.15) is 16.5 Å². The van der Waals surface area contributed by atoms with Crippen molar-refractivity contribution in [2.24, 2.45) is 0 Å². The number of carbonyl (C=O) groups is 1. The lowest BCUT2D eigenvalue weighted by Crippen LogP contribution is -2.12. The van der Waals surface area contributed by atoms with E-state index < -0.39 is 0 Å². The minimum absolute atomic E-state index is 0.0807. The first-order valence-corrected chi connectivity index (χ1v) is 9.13. The Morgan fingerprint density at radius 3 is 2.85 bits per heavy atom. The van der Waals surface area contributed by atoms with Gasteiger partial charge in [-0.05, 0) is 29.8 Å². The summed E-state index contributed by atoms with van der Waals surface area (Å²) in [5.74, 6) is 1.28. The quantitative estimate of drug-likeness (QED) is 0.742. The van der Waals surface area contributed by atoms with Crippen molar-refractivity contribution in [3.05, 3.63) is 66.1 Å². The molecule has 2 aromatic carbocycles. The first-order valence-electron chi connectivity index (χ1n) is 8.08. The van der Waals surface area contributed by atoms with Gasteiger partial charge in [0, 0.05) is 5.69 Å². The summed E-state index contributed by atoms with van der Waals surface area (Å²) < 4.78 is 7.23. The van der Waals surface area contributed by atoms with Crippen LogP contribution in [0.2, 0.25) is 0 Å². The zero-order valence-corrected chi connectivity index (χ0v) is 14.9. The summed E-state index contributed by atoms with van der Waals surface area (Å²) in [7, 11) is 1.52. The van der Waals surface area contributed by atoms with Gasteiger partial charge >= 0.3 is 0 Å². The lowest BCUT2D eigenvalue weighted by atomic mass is 10.1. The fourth-order valence-electron chi connectivity index (χ4n) is 3.02. The third-order valence-electron chi connectivity index (χ3n) is 4.23. The SMILES string of the molecule is COc1cc([C@H]2SCC(=O)Nc3ncn(-c4ccccc4)c32)ccc1O. The van der Waals surface area contributed by atoms with Crippen LogP contribution < -0.4 is 10.1 Å². The van der Waals surface area contributed by atoms with Crippen LogP contribution in [-0.2, 0) is 4.79 Å². The summed E-state index contributed by atoms with van der Waals surface area (Å²) in [5.41, 5.74) is 2.79. The predicted molar refractivity (Wildman–Crippen MR) is 101 cm³/mol. The molecular formula is C19H17N3O3S. The Morgan fingerprint density at radius 1 is 1.27 bits per heavy atom. The van der Waals surface area contributed by atoms with Gasteiger partial charge in [-0.25, -0.2) is 4.98 Å². The van der Waals surface area contributed by atoms with Crippen molar-refractivity contribution in [2.75, 3.05) is 18.2 Å². The number of aromatic hydroxyl groups is 1. The molecule has 1 amide bonds. The molecule has 0 spiro atoms. The van der Waals surface area contributed by atoms with Crippen LogP contribution in [0.3, 0.4) is 0 Å². The number of amides is 1. The third-order valence-corrected chi connectivity index (χ3v) is 5.49. The van der Waals surface area contributed by atoms with E-state index in [1.54, 1.807) is 18.5 Å². The number of imidazole rings is 1. The highest BCUT2D eigenvalue weighted by atomic mass is 32.2. The number of hydrogen-bond donors (Lipinski definition) is 2. The van der Waals surface area contributed by atoms with Gasteiger partial charge in [0.1, 0.15) is 6.33 Å². The summed E-state index contributed by atoms with van der Waals surface area (Å²) in [6, 6.07) is 15.1. The molecule has 0 saturated heterocycles. The number of hydrogen-bond acceptors (Lipinski definition) is 5. The predicted octanol–water partition coefficient (Wildman–Crippen LogP) is 3.36. The largest absolute Gasteiger partial charge is 0.504 e. The molecule has 1 atom stereocenters. The molecule has 1 aliphatic heterocycles. The average Bonchev–Trinajstić information content (AvgIpc) is 2.99. The standard InChI is InChI=1S/C19H17N3O3S/c1-25-15-9-12(7-8-14(15)23)18-17-19(21-16(24)10-26-18)20-11-22(17)13-5-3-2-4-6-13/h2-9,11,18,23H,10H2,1H3,(H,21,24)/t18-/m1/s1. The van der Waals surface area contributed by atoms with Gasteiger partial charge in [-0.3, -0.25) is 9.36 Å². The van der Waals surface area contributed by atoms with Crippen LogP contribution in [0, 0.1) is 0 Å². The van der Waals surface area contributed by atoms with Gasteiger partial charge in [-0.2, -0.15) is 0 Å². The Labute approximate surface area is 154 Å². The number of phenols is 1. The minimum atomic E-state index is -0.138. The van der Waals surface area contributed by atoms with Crippen LogP contribution in [-0.4, -0.2) is 33.4 Å². The lowest BCUT2D eigenvalue weighted by Gasteiger charge is -2.19. The van der Waals surface area contributed by atoms with E-state index in [1.165, 1.54) is 18.9 Å². The summed E-state index contributed by atoms with van der Waals surface area (Å²) in [6.45, 7) is 0. The number of benzene rings is 2. The molecule has 3 aromatic rings. The van der Waals surface area contributed by atoms with E-state index in [-0.39, 0.29) is 16.9 Å². The topological polar surface area (TPSA) is 76.4 Å². The number of carbonyl (C=O) groups excluding carboxylic acids is 1. The van der Waals surface area contributed by atoms with Gasteiger partial charge in [-0.1, -0.05) is 24.3 Å². The molecule has 0 bridgehead atoms. The number of anilines is 1. The number of thioether (sulfide) groups is 1. The van der Waals surface area contributed by atoms with E-state index in [1.807, 2.05) is 41.0 Å². The molecule has 1 aliphatic rings. The molecule has 2 heterocycles. The van der Waals surface area contributed by atoms with E-state index in [9.17, 15) is 9.90 Å². The first-order chi connectivity index (χ1) is 12.7. The van der Waals surface area contributed by atoms with Crippen molar-refractivity contribution < 1.29 is 14.6 Å². The second-order valence-corrected chi connectivity index (χ2v) is 6.95. The van der Waals surface area contributed by atoms with Crippen LogP contribution in [0.15, 0.2) is 54.9 Å². The number of nitrogens with one attached hydrogen (secondary N) is 1. The van der Waals surface area contributed by atoms with Crippen molar-refractivity contribution in [1.29, 1.82) is 0 Å². The number of fused-ring (bicyclic) bond motifs is 1. The molecule has 0 radical (unpaired) electrons. The second kappa shape index (κ2) is 6.76. The molecule has 6 nitrogen and oxygen atoms in total. The highest BCUT2D eigenvalue weighted by Crippen LogP contribution is 2.43. The molecule has 1 aromatic heterocycles. The highest BCUT2D eigenvalue weighted by Gasteiger charge is 2.29. The van der Waals surface area contributed by atoms with Crippen LogP contribution >= 0.6 is 11.8 Å². The molecule has 0 unspecified atom stereocenters. The Kier molecular flexibility index (Phi) is 4.30. The first kappa shape index (κ1) is 16.5. The molecule has 26 heavy (non-hydrogen) atoms. The van der Waals surface area contributed by atoms with Gasteiger partial charge in [-0.15, -0.1) is 11.8 Å². The molecule has 0 fully saturated rings. The average molecular weight is 367 g/mol. The lowest BCUT2D eigenvalue weighted by molar-refractivity contribution is -0.113. The van der Waals surface area contributed by atoms with Crippen molar-refractivity contribution in [3.63, 3.8) is 0 Å². The summed E-state index contributed by atoms with van der Waals surface area (Å²) in [5, 5.41) is 12.6. The van der Waals surface area contributed by atoms with E-state index in [2.05, 4.69) is 10.3 Å². The van der Waals surface area contributed by atoms with Gasteiger partial charge < -0.3 is 15.2 Å². The van der Waals surface area contributed by atoms with Crippen molar-refractivity contribution in [3.8, 4) is 17.2 Å². The maximum Gasteiger partial charge on any atom is 0.235 e. The summed E-state index contributed by atoms with van der Waals surface area (Å²) in [4.78, 5) is 16.5. The van der Waals surface area contributed by atoms with Crippen LogP contribution in [0.25, 0.3) is 5.69 Å². The molecule has 4 rings (SSSR count). The van der Waals surface area contributed by atoms with Gasteiger partial charge in [0.15, 0.2) is 17.3 Å². The van der Waals surface area contributed by atoms with Gasteiger partial charge in [0.05, 0.1) is 23.8 Å². The number of rotatable bonds is 3. The number of phenolic OH excluding ortho intramolecular Hbond substituents is 1. The molecule has 0 aliphatic carbocycles. The van der Waals surface area contributed by atoms with Crippen molar-refractivity contribution >= 4 is 23.5 Å². The van der Waals surface area contributed by atoms with Crippen molar-refractivity contribution in [2.45, 2.75) is 5.25 Å². The van der Waals surface area contributed by atoms with E-state index in [4.69, 9.17) is 4.74 Å². The monoisotopic (exact) mass is 367 g/mol. The number of para-hydroxylation sites is 1. The summed E-state index contributed by atoms with van der Waals surface area (Å²) in [6.07, 6.45) is 1.72. The van der Waals surface area contributed by atoms with Crippen LogP contribution in [0.4, 0.5) is 5.82 Å². The van der Waals surface area contributed by atoms with E-state index in [0.29, 0.717) is 17.3 Å². The van der Waals surface area contributed by atoms with Gasteiger partial charge in [0.25, 0.3) is 0 Å². The molecule has 7 heteroatoms. The number of aromatic nitrogens is 2. The van der Waals surface area contributed by atoms with Crippen LogP contribution in [0.5, 0.6) is 11.5 Å². The van der Waals surface area contributed by atoms with Crippen molar-refractivity contribution in [1.82, 2.24) is 9.55 Å². The number of ether oxygens (including phenoxy) is 1. The van der Waals surface area contributed by atoms with Gasteiger partial charge in [0.2, 0.25) is 5.91 Å². The molecule has 2 N–H and O–H groups in total. The molecular weight excluding hydrogens is 350 g/mol. The minimum Gasteiger partial charge on any atom is -0.504 e. The Morgan fingerprint density at radius 2 is 2.08 bits per heavy atom. The Hall–Kier alpha value is -2.93. The smallest absolute Gasteiger partial charge is 0.235 e. The fraction of sp³-hybridized carbons (Fsp3) is 0.158. The Balaban J connectivity index is 1.87. The highest BCUT2D eigenvalue weighted by molar-refractivity contribution is 8.00. The third kappa shape index (κ3) is 2.90. The Bertz CT molecular complexity index is 956. The zero-order valence-electron chi connectivity index (χ0n) is 14.0. The maximum absolute atomic E-state index is 12.1. The van der Waals surface area contributed by atoms with E-state index in [0.717, 1.165) is 16.9 Å². The number of nitrogens with zero attached hydrogens (tertiary/aromatic N) is 2. The number of methoxy groups -OCH3 is 1. The normalized spacial score (nSPS) is 16.5. The zero-order chi connectivity index (χ0) is 18.1. The maximum atomic E-state index is 12.1. The summed E-state index contributed by atoms with van der Waals surface area (Å²) >= 11 is 1.52. The molecule has 132 valence electrons. The molecule has 0 saturated carbocycles.